The minimum atomic E-state index is 0.0427. The minimum Gasteiger partial charge on any atom is -0.485 e. The summed E-state index contributed by atoms with van der Waals surface area (Å²) >= 11 is 0. The fourth-order valence-corrected chi connectivity index (χ4v) is 2.50. The highest BCUT2D eigenvalue weighted by Crippen LogP contribution is 2.18. The molecule has 7 heteroatoms. The Hall–Kier alpha value is -2.41. The van der Waals surface area contributed by atoms with Crippen LogP contribution in [0.15, 0.2) is 28.8 Å². The molecule has 1 fully saturated rings. The third-order valence-electron chi connectivity index (χ3n) is 3.73. The van der Waals surface area contributed by atoms with Gasteiger partial charge in [-0.2, -0.15) is 4.98 Å². The third-order valence-corrected chi connectivity index (χ3v) is 3.73. The van der Waals surface area contributed by atoms with E-state index in [1.54, 1.807) is 6.92 Å². The van der Waals surface area contributed by atoms with Gasteiger partial charge in [-0.3, -0.25) is 4.79 Å². The number of carbonyl (C=O) groups excluding carboxylic acids is 1. The Bertz CT molecular complexity index is 648. The molecule has 1 aromatic carbocycles. The number of anilines is 1. The van der Waals surface area contributed by atoms with Crippen LogP contribution in [0, 0.1) is 12.8 Å². The van der Waals surface area contributed by atoms with Gasteiger partial charge >= 0.3 is 0 Å². The molecule has 2 N–H and O–H groups in total. The molecule has 7 nitrogen and oxygen atoms in total. The number of amides is 1. The summed E-state index contributed by atoms with van der Waals surface area (Å²) in [5.41, 5.74) is 0.767. The fraction of sp³-hybridized carbons (Fsp3) is 0.438. The maximum atomic E-state index is 12.2. The fourth-order valence-electron chi connectivity index (χ4n) is 2.50. The molecule has 2 aromatic rings. The number of nitrogens with zero attached hydrogens (tertiary/aromatic N) is 2. The van der Waals surface area contributed by atoms with Gasteiger partial charge in [-0.25, -0.2) is 0 Å². The molecule has 1 atom stereocenters. The second-order valence-corrected chi connectivity index (χ2v) is 5.58. The Kier molecular flexibility index (Phi) is 4.87. The molecule has 0 spiro atoms. The highest BCUT2D eigenvalue weighted by Gasteiger charge is 2.20. The van der Waals surface area contributed by atoms with Crippen molar-refractivity contribution in [2.24, 2.45) is 5.92 Å². The number of hydrogen-bond donors (Lipinski definition) is 2. The first-order chi connectivity index (χ1) is 11.2. The molecule has 1 aliphatic rings. The summed E-state index contributed by atoms with van der Waals surface area (Å²) in [5, 5.41) is 9.95. The molecule has 23 heavy (non-hydrogen) atoms. The molecule has 1 saturated heterocycles. The monoisotopic (exact) mass is 316 g/mol. The van der Waals surface area contributed by atoms with Gasteiger partial charge in [-0.15, -0.1) is 0 Å². The zero-order valence-corrected chi connectivity index (χ0v) is 13.0. The van der Waals surface area contributed by atoms with E-state index in [4.69, 9.17) is 9.26 Å². The van der Waals surface area contributed by atoms with Crippen LogP contribution in [0.5, 0.6) is 5.75 Å². The van der Waals surface area contributed by atoms with E-state index in [0.29, 0.717) is 17.5 Å². The van der Waals surface area contributed by atoms with Crippen molar-refractivity contribution in [1.29, 1.82) is 0 Å². The molecule has 1 aromatic heterocycles. The van der Waals surface area contributed by atoms with Crippen molar-refractivity contribution in [3.8, 4) is 5.75 Å². The van der Waals surface area contributed by atoms with Gasteiger partial charge in [0.15, 0.2) is 6.61 Å². The van der Waals surface area contributed by atoms with Gasteiger partial charge in [-0.05, 0) is 43.7 Å². The molecule has 0 aliphatic carbocycles. The molecule has 2 heterocycles. The quantitative estimate of drug-likeness (QED) is 0.875. The van der Waals surface area contributed by atoms with Gasteiger partial charge in [0.1, 0.15) is 5.75 Å². The normalized spacial score (nSPS) is 17.7. The standard InChI is InChI=1S/C16H20N4O3/c1-11-18-15(20-23-11)10-22-14-6-4-13(5-7-14)19-16(21)12-3-2-8-17-9-12/h4-7,12,17H,2-3,8-10H2,1H3,(H,19,21). The first kappa shape index (κ1) is 15.5. The summed E-state index contributed by atoms with van der Waals surface area (Å²) in [6.45, 7) is 3.72. The van der Waals surface area contributed by atoms with Crippen LogP contribution in [0.2, 0.25) is 0 Å². The van der Waals surface area contributed by atoms with Crippen LogP contribution in [-0.2, 0) is 11.4 Å². The van der Waals surface area contributed by atoms with Crippen molar-refractivity contribution < 1.29 is 14.1 Å². The van der Waals surface area contributed by atoms with Crippen molar-refractivity contribution in [1.82, 2.24) is 15.5 Å². The van der Waals surface area contributed by atoms with E-state index in [1.165, 1.54) is 0 Å². The van der Waals surface area contributed by atoms with Gasteiger partial charge < -0.3 is 19.9 Å². The Labute approximate surface area is 134 Å². The number of piperidine rings is 1. The zero-order chi connectivity index (χ0) is 16.1. The number of aromatic nitrogens is 2. The van der Waals surface area contributed by atoms with Crippen LogP contribution in [-0.4, -0.2) is 29.1 Å². The predicted octanol–water partition coefficient (Wildman–Crippen LogP) is 1.90. The number of benzene rings is 1. The second kappa shape index (κ2) is 7.23. The van der Waals surface area contributed by atoms with Crippen molar-refractivity contribution in [2.75, 3.05) is 18.4 Å². The molecular formula is C16H20N4O3. The van der Waals surface area contributed by atoms with E-state index in [2.05, 4.69) is 20.8 Å². The van der Waals surface area contributed by atoms with Gasteiger partial charge in [0, 0.05) is 19.2 Å². The molecule has 1 unspecified atom stereocenters. The third kappa shape index (κ3) is 4.29. The highest BCUT2D eigenvalue weighted by molar-refractivity contribution is 5.92. The zero-order valence-electron chi connectivity index (χ0n) is 13.0. The molecule has 1 aliphatic heterocycles. The summed E-state index contributed by atoms with van der Waals surface area (Å²) in [5.74, 6) is 1.81. The van der Waals surface area contributed by atoms with Crippen molar-refractivity contribution in [3.05, 3.63) is 36.0 Å². The molecule has 122 valence electrons. The Morgan fingerprint density at radius 3 is 2.91 bits per heavy atom. The number of carbonyl (C=O) groups is 1. The van der Waals surface area contributed by atoms with E-state index in [0.717, 1.165) is 31.6 Å². The lowest BCUT2D eigenvalue weighted by atomic mass is 9.99. The Morgan fingerprint density at radius 2 is 2.26 bits per heavy atom. The summed E-state index contributed by atoms with van der Waals surface area (Å²) in [7, 11) is 0. The second-order valence-electron chi connectivity index (χ2n) is 5.58. The summed E-state index contributed by atoms with van der Waals surface area (Å²) in [4.78, 5) is 16.2. The van der Waals surface area contributed by atoms with E-state index in [9.17, 15) is 4.79 Å². The van der Waals surface area contributed by atoms with Crippen molar-refractivity contribution in [3.63, 3.8) is 0 Å². The van der Waals surface area contributed by atoms with E-state index in [-0.39, 0.29) is 18.4 Å². The van der Waals surface area contributed by atoms with Crippen LogP contribution in [0.1, 0.15) is 24.6 Å². The van der Waals surface area contributed by atoms with Crippen LogP contribution < -0.4 is 15.4 Å². The van der Waals surface area contributed by atoms with Crippen LogP contribution in [0.25, 0.3) is 0 Å². The van der Waals surface area contributed by atoms with Crippen LogP contribution in [0.4, 0.5) is 5.69 Å². The maximum Gasteiger partial charge on any atom is 0.228 e. The van der Waals surface area contributed by atoms with Crippen molar-refractivity contribution >= 4 is 11.6 Å². The van der Waals surface area contributed by atoms with E-state index in [1.807, 2.05) is 24.3 Å². The average molecular weight is 316 g/mol. The number of rotatable bonds is 5. The maximum absolute atomic E-state index is 12.2. The topological polar surface area (TPSA) is 89.3 Å². The highest BCUT2D eigenvalue weighted by atomic mass is 16.5. The summed E-state index contributed by atoms with van der Waals surface area (Å²) in [6.07, 6.45) is 1.98. The van der Waals surface area contributed by atoms with Gasteiger partial charge in [0.2, 0.25) is 17.6 Å². The molecule has 0 radical (unpaired) electrons. The molecule has 1 amide bonds. The SMILES string of the molecule is Cc1nc(COc2ccc(NC(=O)C3CCCNC3)cc2)no1. The molecule has 0 saturated carbocycles. The first-order valence-electron chi connectivity index (χ1n) is 7.74. The number of ether oxygens (including phenoxy) is 1. The molecule has 0 bridgehead atoms. The van der Waals surface area contributed by atoms with Crippen molar-refractivity contribution in [2.45, 2.75) is 26.4 Å². The smallest absolute Gasteiger partial charge is 0.228 e. The lowest BCUT2D eigenvalue weighted by Gasteiger charge is -2.21. The number of aryl methyl sites for hydroxylation is 1. The minimum absolute atomic E-state index is 0.0427. The van der Waals surface area contributed by atoms with Crippen LogP contribution >= 0.6 is 0 Å². The lowest BCUT2D eigenvalue weighted by molar-refractivity contribution is -0.120. The Balaban J connectivity index is 1.51. The number of hydrogen-bond acceptors (Lipinski definition) is 6. The van der Waals surface area contributed by atoms with Gasteiger partial charge in [-0.1, -0.05) is 5.16 Å². The summed E-state index contributed by atoms with van der Waals surface area (Å²) in [6, 6.07) is 7.26. The predicted molar refractivity (Wildman–Crippen MR) is 84.0 cm³/mol. The largest absolute Gasteiger partial charge is 0.485 e. The molecule has 3 rings (SSSR count). The number of nitrogens with one attached hydrogen (secondary N) is 2. The van der Waals surface area contributed by atoms with Gasteiger partial charge in [0.05, 0.1) is 5.92 Å². The van der Waals surface area contributed by atoms with E-state index >= 15 is 0 Å². The first-order valence-corrected chi connectivity index (χ1v) is 7.74. The molecular weight excluding hydrogens is 296 g/mol. The summed E-state index contributed by atoms with van der Waals surface area (Å²) < 4.78 is 10.5. The van der Waals surface area contributed by atoms with Crippen LogP contribution in [0.3, 0.4) is 0 Å². The van der Waals surface area contributed by atoms with Gasteiger partial charge in [0.25, 0.3) is 0 Å². The lowest BCUT2D eigenvalue weighted by Crippen LogP contribution is -2.37. The Morgan fingerprint density at radius 1 is 1.43 bits per heavy atom. The average Bonchev–Trinajstić information content (AvgIpc) is 3.00. The van der Waals surface area contributed by atoms with E-state index < -0.39 is 0 Å².